The Bertz CT molecular complexity index is 324. The molecule has 3 nitrogen and oxygen atoms in total. The van der Waals surface area contributed by atoms with E-state index in [1.54, 1.807) is 0 Å². The van der Waals surface area contributed by atoms with Gasteiger partial charge in [-0.25, -0.2) is 0 Å². The highest BCUT2D eigenvalue weighted by atomic mass is 16.3. The van der Waals surface area contributed by atoms with Crippen LogP contribution in [0.2, 0.25) is 0 Å². The molecule has 0 spiro atoms. The third-order valence-corrected chi connectivity index (χ3v) is 3.37. The zero-order valence-electron chi connectivity index (χ0n) is 9.63. The van der Waals surface area contributed by atoms with E-state index in [-0.39, 0.29) is 25.3 Å². The highest BCUT2D eigenvalue weighted by Gasteiger charge is 2.32. The van der Waals surface area contributed by atoms with Crippen LogP contribution in [0, 0.1) is 6.92 Å². The Morgan fingerprint density at radius 3 is 2.00 bits per heavy atom. The SMILES string of the molecule is Cc1ccc(N2C(CO)CCC2CO)cc1. The average molecular weight is 221 g/mol. The second-order valence-corrected chi connectivity index (χ2v) is 4.49. The van der Waals surface area contributed by atoms with Crippen molar-refractivity contribution in [3.8, 4) is 0 Å². The Hall–Kier alpha value is -1.06. The summed E-state index contributed by atoms with van der Waals surface area (Å²) in [4.78, 5) is 2.15. The third-order valence-electron chi connectivity index (χ3n) is 3.37. The molecule has 0 aliphatic carbocycles. The molecule has 0 aromatic heterocycles. The number of nitrogens with zero attached hydrogens (tertiary/aromatic N) is 1. The van der Waals surface area contributed by atoms with Crippen LogP contribution in [0.15, 0.2) is 24.3 Å². The number of benzene rings is 1. The molecular weight excluding hydrogens is 202 g/mol. The van der Waals surface area contributed by atoms with Crippen molar-refractivity contribution in [2.45, 2.75) is 31.8 Å². The summed E-state index contributed by atoms with van der Waals surface area (Å²) in [5.41, 5.74) is 2.32. The van der Waals surface area contributed by atoms with Crippen LogP contribution in [0.1, 0.15) is 18.4 Å². The fourth-order valence-electron chi connectivity index (χ4n) is 2.46. The molecule has 88 valence electrons. The van der Waals surface area contributed by atoms with Crippen LogP contribution in [0.4, 0.5) is 5.69 Å². The molecule has 1 aliphatic heterocycles. The Morgan fingerprint density at radius 1 is 1.06 bits per heavy atom. The second kappa shape index (κ2) is 4.85. The van der Waals surface area contributed by atoms with Crippen molar-refractivity contribution >= 4 is 5.69 Å². The minimum Gasteiger partial charge on any atom is -0.394 e. The molecule has 0 saturated carbocycles. The molecule has 2 N–H and O–H groups in total. The van der Waals surface area contributed by atoms with Crippen molar-refractivity contribution in [2.24, 2.45) is 0 Å². The first-order valence-corrected chi connectivity index (χ1v) is 5.83. The van der Waals surface area contributed by atoms with Gasteiger partial charge < -0.3 is 15.1 Å². The van der Waals surface area contributed by atoms with E-state index < -0.39 is 0 Å². The highest BCUT2D eigenvalue weighted by molar-refractivity contribution is 5.50. The van der Waals surface area contributed by atoms with Crippen LogP contribution in [-0.2, 0) is 0 Å². The van der Waals surface area contributed by atoms with Crippen LogP contribution in [0.25, 0.3) is 0 Å². The minimum atomic E-state index is 0.153. The summed E-state index contributed by atoms with van der Waals surface area (Å²) in [6.45, 7) is 2.37. The Kier molecular flexibility index (Phi) is 3.46. The van der Waals surface area contributed by atoms with Gasteiger partial charge in [-0.2, -0.15) is 0 Å². The Balaban J connectivity index is 2.24. The molecule has 3 heteroatoms. The number of rotatable bonds is 3. The van der Waals surface area contributed by atoms with Gasteiger partial charge in [-0.1, -0.05) is 17.7 Å². The van der Waals surface area contributed by atoms with Crippen LogP contribution in [0.3, 0.4) is 0 Å². The number of aliphatic hydroxyl groups excluding tert-OH is 2. The van der Waals surface area contributed by atoms with Gasteiger partial charge in [-0.15, -0.1) is 0 Å². The quantitative estimate of drug-likeness (QED) is 0.809. The molecule has 2 unspecified atom stereocenters. The van der Waals surface area contributed by atoms with Gasteiger partial charge in [-0.05, 0) is 31.9 Å². The lowest BCUT2D eigenvalue weighted by molar-refractivity contribution is 0.248. The zero-order chi connectivity index (χ0) is 11.5. The van der Waals surface area contributed by atoms with Gasteiger partial charge in [0.1, 0.15) is 0 Å². The van der Waals surface area contributed by atoms with Crippen LogP contribution < -0.4 is 4.90 Å². The summed E-state index contributed by atoms with van der Waals surface area (Å²) in [6, 6.07) is 8.56. The largest absolute Gasteiger partial charge is 0.394 e. The normalized spacial score (nSPS) is 25.1. The molecule has 1 aromatic rings. The van der Waals surface area contributed by atoms with E-state index in [1.807, 2.05) is 0 Å². The number of aryl methyl sites for hydroxylation is 1. The lowest BCUT2D eigenvalue weighted by Gasteiger charge is -2.30. The molecule has 0 amide bonds. The number of hydrogen-bond acceptors (Lipinski definition) is 3. The molecule has 0 radical (unpaired) electrons. The lowest BCUT2D eigenvalue weighted by Crippen LogP contribution is -2.40. The maximum absolute atomic E-state index is 9.34. The Morgan fingerprint density at radius 2 is 1.56 bits per heavy atom. The first-order valence-electron chi connectivity index (χ1n) is 5.83. The second-order valence-electron chi connectivity index (χ2n) is 4.49. The first-order chi connectivity index (χ1) is 7.76. The van der Waals surface area contributed by atoms with Crippen molar-refractivity contribution in [3.05, 3.63) is 29.8 Å². The van der Waals surface area contributed by atoms with Gasteiger partial charge in [0.05, 0.1) is 25.3 Å². The van der Waals surface area contributed by atoms with E-state index in [0.717, 1.165) is 18.5 Å². The molecule has 1 aromatic carbocycles. The fourth-order valence-corrected chi connectivity index (χ4v) is 2.46. The summed E-state index contributed by atoms with van der Waals surface area (Å²) in [7, 11) is 0. The summed E-state index contributed by atoms with van der Waals surface area (Å²) in [6.07, 6.45) is 1.91. The van der Waals surface area contributed by atoms with E-state index in [4.69, 9.17) is 0 Å². The molecule has 1 aliphatic rings. The van der Waals surface area contributed by atoms with Crippen molar-refractivity contribution < 1.29 is 10.2 Å². The van der Waals surface area contributed by atoms with E-state index >= 15 is 0 Å². The van der Waals surface area contributed by atoms with E-state index in [0.29, 0.717) is 0 Å². The standard InChI is InChI=1S/C13H19NO2/c1-10-2-4-11(5-3-10)14-12(8-15)6-7-13(14)9-16/h2-5,12-13,15-16H,6-9H2,1H3. The zero-order valence-corrected chi connectivity index (χ0v) is 9.63. The predicted molar refractivity (Wildman–Crippen MR) is 64.6 cm³/mol. The van der Waals surface area contributed by atoms with Crippen LogP contribution >= 0.6 is 0 Å². The monoisotopic (exact) mass is 221 g/mol. The van der Waals surface area contributed by atoms with Gasteiger partial charge in [0.2, 0.25) is 0 Å². The topological polar surface area (TPSA) is 43.7 Å². The van der Waals surface area contributed by atoms with Crippen LogP contribution in [0.5, 0.6) is 0 Å². The maximum atomic E-state index is 9.34. The number of anilines is 1. The first kappa shape index (κ1) is 11.4. The molecule has 1 fully saturated rings. The smallest absolute Gasteiger partial charge is 0.0635 e. The molecule has 16 heavy (non-hydrogen) atoms. The molecule has 2 rings (SSSR count). The predicted octanol–water partition coefficient (Wildman–Crippen LogP) is 1.32. The van der Waals surface area contributed by atoms with Crippen molar-refractivity contribution in [1.29, 1.82) is 0 Å². The van der Waals surface area contributed by atoms with Gasteiger partial charge in [0.25, 0.3) is 0 Å². The molecule has 1 heterocycles. The molecule has 1 saturated heterocycles. The van der Waals surface area contributed by atoms with Gasteiger partial charge >= 0.3 is 0 Å². The highest BCUT2D eigenvalue weighted by Crippen LogP contribution is 2.30. The Labute approximate surface area is 96.3 Å². The van der Waals surface area contributed by atoms with Crippen LogP contribution in [-0.4, -0.2) is 35.5 Å². The van der Waals surface area contributed by atoms with Gasteiger partial charge in [-0.3, -0.25) is 0 Å². The number of aliphatic hydroxyl groups is 2. The summed E-state index contributed by atoms with van der Waals surface area (Å²) >= 11 is 0. The lowest BCUT2D eigenvalue weighted by atomic mass is 10.2. The third kappa shape index (κ3) is 2.06. The fraction of sp³-hybridized carbons (Fsp3) is 0.538. The van der Waals surface area contributed by atoms with Gasteiger partial charge in [0, 0.05) is 5.69 Å². The van der Waals surface area contributed by atoms with E-state index in [9.17, 15) is 10.2 Å². The van der Waals surface area contributed by atoms with E-state index in [2.05, 4.69) is 36.1 Å². The maximum Gasteiger partial charge on any atom is 0.0635 e. The summed E-state index contributed by atoms with van der Waals surface area (Å²) in [5, 5.41) is 18.7. The minimum absolute atomic E-state index is 0.153. The van der Waals surface area contributed by atoms with Crippen molar-refractivity contribution in [1.82, 2.24) is 0 Å². The molecule has 2 atom stereocenters. The summed E-state index contributed by atoms with van der Waals surface area (Å²) < 4.78 is 0. The van der Waals surface area contributed by atoms with E-state index in [1.165, 1.54) is 5.56 Å². The number of hydrogen-bond donors (Lipinski definition) is 2. The van der Waals surface area contributed by atoms with Crippen molar-refractivity contribution in [2.75, 3.05) is 18.1 Å². The average Bonchev–Trinajstić information content (AvgIpc) is 2.73. The molecular formula is C13H19NO2. The molecule has 0 bridgehead atoms. The van der Waals surface area contributed by atoms with Gasteiger partial charge in [0.15, 0.2) is 0 Å². The summed E-state index contributed by atoms with van der Waals surface area (Å²) in [5.74, 6) is 0. The van der Waals surface area contributed by atoms with Crippen molar-refractivity contribution in [3.63, 3.8) is 0 Å².